The summed E-state index contributed by atoms with van der Waals surface area (Å²) in [6, 6.07) is 35.4. The maximum atomic E-state index is 13.4. The number of anilines is 3. The third kappa shape index (κ3) is 7.99. The van der Waals surface area contributed by atoms with Crippen LogP contribution in [0.1, 0.15) is 55.8 Å². The highest BCUT2D eigenvalue weighted by Crippen LogP contribution is 2.33. The second kappa shape index (κ2) is 15.5. The molecular weight excluding hydrogens is 624 g/mol. The third-order valence-corrected chi connectivity index (χ3v) is 8.70. The lowest BCUT2D eigenvalue weighted by Gasteiger charge is -2.16. The Morgan fingerprint density at radius 3 is 2.36 bits per heavy atom. The number of hydrogen-bond acceptors (Lipinski definition) is 6. The average Bonchev–Trinajstić information content (AvgIpc) is 3.12. The number of benzene rings is 5. The van der Waals surface area contributed by atoms with Crippen molar-refractivity contribution in [2.24, 2.45) is 5.73 Å². The number of carbonyl (C=O) groups excluding carboxylic acids is 2. The van der Waals surface area contributed by atoms with Gasteiger partial charge in [0, 0.05) is 41.2 Å². The van der Waals surface area contributed by atoms with E-state index in [0.29, 0.717) is 29.1 Å². The molecule has 50 heavy (non-hydrogen) atoms. The van der Waals surface area contributed by atoms with Gasteiger partial charge in [-0.15, -0.1) is 0 Å². The summed E-state index contributed by atoms with van der Waals surface area (Å²) in [5.41, 5.74) is 15.6. The van der Waals surface area contributed by atoms with Gasteiger partial charge in [0.2, 0.25) is 0 Å². The van der Waals surface area contributed by atoms with E-state index in [4.69, 9.17) is 15.6 Å². The number of nitrogens with one attached hydrogen (secondary N) is 2. The van der Waals surface area contributed by atoms with Crippen molar-refractivity contribution in [1.29, 1.82) is 0 Å². The zero-order chi connectivity index (χ0) is 35.0. The number of primary amides is 1. The quantitative estimate of drug-likeness (QED) is 0.0922. The molecular formula is C42H40N4O4. The summed E-state index contributed by atoms with van der Waals surface area (Å²) in [7, 11) is 1.60. The van der Waals surface area contributed by atoms with Crippen LogP contribution < -0.4 is 21.1 Å². The van der Waals surface area contributed by atoms with Gasteiger partial charge in [0.05, 0.1) is 23.9 Å². The molecule has 8 heteroatoms. The van der Waals surface area contributed by atoms with Crippen LogP contribution in [-0.2, 0) is 12.8 Å². The molecule has 0 aliphatic heterocycles. The van der Waals surface area contributed by atoms with Gasteiger partial charge in [-0.05, 0) is 108 Å². The van der Waals surface area contributed by atoms with Gasteiger partial charge in [0.15, 0.2) is 0 Å². The molecule has 6 aromatic rings. The van der Waals surface area contributed by atoms with Crippen molar-refractivity contribution in [1.82, 2.24) is 4.98 Å². The van der Waals surface area contributed by atoms with E-state index < -0.39 is 5.91 Å². The molecule has 252 valence electrons. The summed E-state index contributed by atoms with van der Waals surface area (Å²) < 4.78 is 5.38. The third-order valence-electron chi connectivity index (χ3n) is 8.70. The van der Waals surface area contributed by atoms with Gasteiger partial charge in [-0.1, -0.05) is 60.7 Å². The maximum absolute atomic E-state index is 13.4. The number of aliphatic hydroxyl groups is 1. The summed E-state index contributed by atoms with van der Waals surface area (Å²) in [4.78, 5) is 30.5. The molecule has 0 unspecified atom stereocenters. The molecule has 0 atom stereocenters. The fourth-order valence-electron chi connectivity index (χ4n) is 6.17. The Morgan fingerprint density at radius 1 is 0.800 bits per heavy atom. The zero-order valence-corrected chi connectivity index (χ0v) is 28.2. The van der Waals surface area contributed by atoms with Gasteiger partial charge in [-0.2, -0.15) is 0 Å². The predicted octanol–water partition coefficient (Wildman–Crippen LogP) is 8.22. The molecule has 6 rings (SSSR count). The number of carbonyl (C=O) groups is 2. The number of amides is 2. The molecule has 1 aromatic heterocycles. The van der Waals surface area contributed by atoms with Crippen LogP contribution in [0, 0.1) is 6.92 Å². The lowest BCUT2D eigenvalue weighted by Crippen LogP contribution is -2.14. The van der Waals surface area contributed by atoms with Crippen molar-refractivity contribution in [2.75, 3.05) is 24.4 Å². The molecule has 0 fully saturated rings. The van der Waals surface area contributed by atoms with Crippen molar-refractivity contribution >= 4 is 39.8 Å². The number of pyridine rings is 1. The summed E-state index contributed by atoms with van der Waals surface area (Å²) in [5.74, 6) is -0.0998. The van der Waals surface area contributed by atoms with Gasteiger partial charge in [0.1, 0.15) is 5.75 Å². The number of methoxy groups -OCH3 is 1. The van der Waals surface area contributed by atoms with E-state index in [0.717, 1.165) is 63.7 Å². The minimum absolute atomic E-state index is 0.196. The largest absolute Gasteiger partial charge is 0.497 e. The Balaban J connectivity index is 1.22. The number of nitrogens with zero attached hydrogens (tertiary/aromatic N) is 1. The van der Waals surface area contributed by atoms with E-state index >= 15 is 0 Å². The number of nitrogens with two attached hydrogens (primary N) is 1. The van der Waals surface area contributed by atoms with Crippen LogP contribution in [0.4, 0.5) is 17.1 Å². The Hall–Kier alpha value is -5.99. The van der Waals surface area contributed by atoms with Gasteiger partial charge in [-0.25, -0.2) is 0 Å². The Labute approximate surface area is 292 Å². The Morgan fingerprint density at radius 2 is 1.58 bits per heavy atom. The van der Waals surface area contributed by atoms with E-state index in [1.807, 2.05) is 85.8 Å². The highest BCUT2D eigenvalue weighted by Gasteiger charge is 2.17. The standard InChI is InChI=1S/C42H40N4O4/c1-27-20-30(23-37-39(27)44-26-38(41(43)48)40(37)45-35-13-7-14-36(25-35)50-2)21-29-9-5-11-33(22-29)42(49)46-34-12-6-10-32(24-34)31-17-15-28(16-18-31)8-3-4-19-47/h5-7,9-18,20,22-26,47H,3-4,8,19,21H2,1-2H3,(H2,43,48)(H,44,45)(H,46,49). The molecule has 8 nitrogen and oxygen atoms in total. The van der Waals surface area contributed by atoms with Crippen LogP contribution >= 0.6 is 0 Å². The average molecular weight is 665 g/mol. The van der Waals surface area contributed by atoms with Crippen molar-refractivity contribution in [3.63, 3.8) is 0 Å². The number of aromatic nitrogens is 1. The van der Waals surface area contributed by atoms with E-state index in [2.05, 4.69) is 45.9 Å². The molecule has 0 bridgehead atoms. The number of aryl methyl sites for hydroxylation is 2. The van der Waals surface area contributed by atoms with Crippen LogP contribution in [-0.4, -0.2) is 35.6 Å². The predicted molar refractivity (Wildman–Crippen MR) is 200 cm³/mol. The first kappa shape index (κ1) is 33.9. The fourth-order valence-corrected chi connectivity index (χ4v) is 6.17. The molecule has 5 aromatic carbocycles. The smallest absolute Gasteiger partial charge is 0.255 e. The van der Waals surface area contributed by atoms with Crippen molar-refractivity contribution < 1.29 is 19.4 Å². The van der Waals surface area contributed by atoms with Crippen LogP contribution in [0.2, 0.25) is 0 Å². The van der Waals surface area contributed by atoms with Gasteiger partial charge in [0.25, 0.3) is 11.8 Å². The van der Waals surface area contributed by atoms with Gasteiger partial charge in [-0.3, -0.25) is 14.6 Å². The minimum atomic E-state index is -0.583. The number of unbranched alkanes of at least 4 members (excludes halogenated alkanes) is 1. The van der Waals surface area contributed by atoms with Gasteiger partial charge >= 0.3 is 0 Å². The number of ether oxygens (including phenoxy) is 1. The monoisotopic (exact) mass is 664 g/mol. The SMILES string of the molecule is COc1cccc(Nc2c(C(N)=O)cnc3c(C)cc(Cc4cccc(C(=O)Nc5cccc(-c6ccc(CCCCO)cc6)c5)c4)cc23)c1. The van der Waals surface area contributed by atoms with Crippen molar-refractivity contribution in [3.05, 3.63) is 149 Å². The molecule has 0 saturated heterocycles. The maximum Gasteiger partial charge on any atom is 0.255 e. The first-order valence-electron chi connectivity index (χ1n) is 16.6. The van der Waals surface area contributed by atoms with Gasteiger partial charge < -0.3 is 26.2 Å². The highest BCUT2D eigenvalue weighted by molar-refractivity contribution is 6.08. The van der Waals surface area contributed by atoms with Crippen LogP contribution in [0.3, 0.4) is 0 Å². The van der Waals surface area contributed by atoms with E-state index in [-0.39, 0.29) is 18.1 Å². The number of aliphatic hydroxyl groups excluding tert-OH is 1. The fraction of sp³-hybridized carbons (Fsp3) is 0.167. The molecule has 0 aliphatic carbocycles. The lowest BCUT2D eigenvalue weighted by atomic mass is 9.97. The minimum Gasteiger partial charge on any atom is -0.497 e. The molecule has 5 N–H and O–H groups in total. The summed E-state index contributed by atoms with van der Waals surface area (Å²) in [6.07, 6.45) is 4.76. The Kier molecular flexibility index (Phi) is 10.5. The lowest BCUT2D eigenvalue weighted by molar-refractivity contribution is 0.0998. The topological polar surface area (TPSA) is 127 Å². The van der Waals surface area contributed by atoms with Crippen LogP contribution in [0.25, 0.3) is 22.0 Å². The van der Waals surface area contributed by atoms with E-state index in [1.54, 1.807) is 7.11 Å². The molecule has 0 radical (unpaired) electrons. The molecule has 0 saturated carbocycles. The molecule has 2 amide bonds. The van der Waals surface area contributed by atoms with Crippen molar-refractivity contribution in [3.8, 4) is 16.9 Å². The number of rotatable bonds is 13. The second-order valence-corrected chi connectivity index (χ2v) is 12.4. The normalized spacial score (nSPS) is 10.9. The zero-order valence-electron chi connectivity index (χ0n) is 28.2. The van der Waals surface area contributed by atoms with Crippen LogP contribution in [0.5, 0.6) is 5.75 Å². The first-order valence-corrected chi connectivity index (χ1v) is 16.6. The highest BCUT2D eigenvalue weighted by atomic mass is 16.5. The molecule has 0 spiro atoms. The number of hydrogen-bond donors (Lipinski definition) is 4. The molecule has 0 aliphatic rings. The van der Waals surface area contributed by atoms with Crippen LogP contribution in [0.15, 0.2) is 115 Å². The number of fused-ring (bicyclic) bond motifs is 1. The summed E-state index contributed by atoms with van der Waals surface area (Å²) in [6.45, 7) is 2.21. The second-order valence-electron chi connectivity index (χ2n) is 12.4. The van der Waals surface area contributed by atoms with E-state index in [1.165, 1.54) is 11.8 Å². The molecule has 1 heterocycles. The Bertz CT molecular complexity index is 2160. The first-order chi connectivity index (χ1) is 24.3. The summed E-state index contributed by atoms with van der Waals surface area (Å²) in [5, 5.41) is 16.3. The van der Waals surface area contributed by atoms with Crippen molar-refractivity contribution in [2.45, 2.75) is 32.6 Å². The van der Waals surface area contributed by atoms with E-state index in [9.17, 15) is 9.59 Å². The summed E-state index contributed by atoms with van der Waals surface area (Å²) >= 11 is 0.